The Balaban J connectivity index is 2.45. The summed E-state index contributed by atoms with van der Waals surface area (Å²) in [7, 11) is 1.92. The van der Waals surface area contributed by atoms with Crippen LogP contribution in [-0.2, 0) is 0 Å². The number of hydrogen-bond acceptors (Lipinski definition) is 3. The second kappa shape index (κ2) is 6.27. The Morgan fingerprint density at radius 1 is 1.71 bits per heavy atom. The highest BCUT2D eigenvalue weighted by atomic mass is 32.2. The normalized spacial score (nSPS) is 9.43. The number of nitrogens with two attached hydrogens (primary N) is 1. The van der Waals surface area contributed by atoms with Crippen molar-refractivity contribution in [3.8, 4) is 0 Å². The Bertz CT molecular complexity index is 28.9. The third-order valence-corrected chi connectivity index (χ3v) is 1.38. The predicted octanol–water partition coefficient (Wildman–Crippen LogP) is 0.203. The molecule has 3 N–H and O–H groups in total. The highest BCUT2D eigenvalue weighted by Gasteiger charge is 1.79. The molecule has 0 atom stereocenters. The van der Waals surface area contributed by atoms with Crippen molar-refractivity contribution in [2.45, 2.75) is 6.42 Å². The van der Waals surface area contributed by atoms with Gasteiger partial charge in [-0.2, -0.15) is 0 Å². The molecule has 0 aliphatic carbocycles. The summed E-state index contributed by atoms with van der Waals surface area (Å²) in [6.45, 7) is 0.800. The summed E-state index contributed by atoms with van der Waals surface area (Å²) in [5.41, 5.74) is 5.23. The molecular weight excluding hydrogens is 108 g/mol. The van der Waals surface area contributed by atoms with Crippen molar-refractivity contribution in [2.75, 3.05) is 19.3 Å². The predicted molar refractivity (Wildman–Crippen MR) is 35.2 cm³/mol. The van der Waals surface area contributed by atoms with Gasteiger partial charge in [0.2, 0.25) is 0 Å². The molecule has 0 rings (SSSR count). The quantitative estimate of drug-likeness (QED) is 0.411. The van der Waals surface area contributed by atoms with Gasteiger partial charge in [-0.1, -0.05) is 11.9 Å². The molecule has 0 unspecified atom stereocenters. The monoisotopic (exact) mass is 120 g/mol. The molecule has 0 aliphatic heterocycles. The van der Waals surface area contributed by atoms with Crippen LogP contribution < -0.4 is 10.5 Å². The molecule has 0 saturated carbocycles. The van der Waals surface area contributed by atoms with Crippen LogP contribution >= 0.6 is 11.9 Å². The van der Waals surface area contributed by atoms with Gasteiger partial charge in [-0.15, -0.1) is 0 Å². The molecule has 2 nitrogen and oxygen atoms in total. The summed E-state index contributed by atoms with van der Waals surface area (Å²) in [5, 5.41) is 0. The molecule has 7 heavy (non-hydrogen) atoms. The molecule has 0 bridgehead atoms. The van der Waals surface area contributed by atoms with Crippen molar-refractivity contribution < 1.29 is 0 Å². The maximum absolute atomic E-state index is 5.23. The second-order valence-corrected chi connectivity index (χ2v) is 2.30. The molecule has 44 valence electrons. The van der Waals surface area contributed by atoms with E-state index in [-0.39, 0.29) is 0 Å². The van der Waals surface area contributed by atoms with Crippen molar-refractivity contribution in [1.82, 2.24) is 4.72 Å². The average Bonchev–Trinajstić information content (AvgIpc) is 1.69. The zero-order chi connectivity index (χ0) is 5.54. The van der Waals surface area contributed by atoms with Crippen LogP contribution in [0.25, 0.3) is 0 Å². The SMILES string of the molecule is CNSCCCN. The molecule has 0 aromatic rings. The van der Waals surface area contributed by atoms with E-state index in [2.05, 4.69) is 4.72 Å². The lowest BCUT2D eigenvalue weighted by Crippen LogP contribution is -2.02. The number of nitrogens with one attached hydrogen (secondary N) is 1. The van der Waals surface area contributed by atoms with Crippen molar-refractivity contribution in [3.05, 3.63) is 0 Å². The van der Waals surface area contributed by atoms with E-state index in [1.165, 1.54) is 0 Å². The summed E-state index contributed by atoms with van der Waals surface area (Å²) < 4.78 is 2.96. The molecule has 0 radical (unpaired) electrons. The minimum atomic E-state index is 0.800. The molecule has 0 saturated heterocycles. The third kappa shape index (κ3) is 6.27. The molecule has 0 fully saturated rings. The summed E-state index contributed by atoms with van der Waals surface area (Å²) in [4.78, 5) is 0. The van der Waals surface area contributed by atoms with Gasteiger partial charge in [0.25, 0.3) is 0 Å². The Labute approximate surface area is 49.0 Å². The average molecular weight is 120 g/mol. The van der Waals surface area contributed by atoms with E-state index in [4.69, 9.17) is 5.73 Å². The number of hydrogen-bond donors (Lipinski definition) is 2. The molecule has 0 aromatic heterocycles. The first-order chi connectivity index (χ1) is 3.41. The molecule has 0 heterocycles. The topological polar surface area (TPSA) is 38.0 Å². The summed E-state index contributed by atoms with van der Waals surface area (Å²) >= 11 is 1.70. The van der Waals surface area contributed by atoms with Gasteiger partial charge in [0.05, 0.1) is 0 Å². The summed E-state index contributed by atoms with van der Waals surface area (Å²) in [6.07, 6.45) is 1.10. The van der Waals surface area contributed by atoms with Gasteiger partial charge in [0.15, 0.2) is 0 Å². The lowest BCUT2D eigenvalue weighted by molar-refractivity contribution is 0.940. The zero-order valence-electron chi connectivity index (χ0n) is 4.61. The van der Waals surface area contributed by atoms with E-state index < -0.39 is 0 Å². The van der Waals surface area contributed by atoms with Crippen LogP contribution in [0.3, 0.4) is 0 Å². The third-order valence-electron chi connectivity index (χ3n) is 0.595. The van der Waals surface area contributed by atoms with E-state index in [1.807, 2.05) is 7.05 Å². The van der Waals surface area contributed by atoms with Crippen LogP contribution in [0.1, 0.15) is 6.42 Å². The van der Waals surface area contributed by atoms with Gasteiger partial charge >= 0.3 is 0 Å². The van der Waals surface area contributed by atoms with Gasteiger partial charge in [-0.3, -0.25) is 4.72 Å². The summed E-state index contributed by atoms with van der Waals surface area (Å²) in [5.74, 6) is 1.12. The fourth-order valence-electron chi connectivity index (χ4n) is 0.258. The van der Waals surface area contributed by atoms with Gasteiger partial charge in [0, 0.05) is 5.75 Å². The van der Waals surface area contributed by atoms with E-state index in [9.17, 15) is 0 Å². The first kappa shape index (κ1) is 7.27. The van der Waals surface area contributed by atoms with Crippen molar-refractivity contribution in [2.24, 2.45) is 5.73 Å². The highest BCUT2D eigenvalue weighted by Crippen LogP contribution is 1.91. The van der Waals surface area contributed by atoms with Gasteiger partial charge < -0.3 is 5.73 Å². The molecule has 0 spiro atoms. The molecule has 0 aliphatic rings. The van der Waals surface area contributed by atoms with E-state index in [0.717, 1.165) is 18.7 Å². The maximum Gasteiger partial charge on any atom is 0.00905 e. The Hall–Kier alpha value is 0.270. The Morgan fingerprint density at radius 3 is 2.86 bits per heavy atom. The van der Waals surface area contributed by atoms with Crippen LogP contribution in [0, 0.1) is 0 Å². The van der Waals surface area contributed by atoms with Crippen molar-refractivity contribution >= 4 is 11.9 Å². The lowest BCUT2D eigenvalue weighted by atomic mass is 10.5. The largest absolute Gasteiger partial charge is 0.330 e. The highest BCUT2D eigenvalue weighted by molar-refractivity contribution is 7.97. The van der Waals surface area contributed by atoms with E-state index in [1.54, 1.807) is 11.9 Å². The molecule has 3 heteroatoms. The first-order valence-electron chi connectivity index (χ1n) is 2.40. The Morgan fingerprint density at radius 2 is 2.43 bits per heavy atom. The molecule has 0 aromatic carbocycles. The fourth-order valence-corrected chi connectivity index (χ4v) is 0.773. The minimum absolute atomic E-state index is 0.800. The van der Waals surface area contributed by atoms with Crippen LogP contribution in [0.4, 0.5) is 0 Å². The Kier molecular flexibility index (Phi) is 6.51. The first-order valence-corrected chi connectivity index (χ1v) is 3.39. The lowest BCUT2D eigenvalue weighted by Gasteiger charge is -1.92. The molecule has 0 amide bonds. The van der Waals surface area contributed by atoms with Crippen LogP contribution in [0.2, 0.25) is 0 Å². The van der Waals surface area contributed by atoms with Crippen LogP contribution in [0.5, 0.6) is 0 Å². The van der Waals surface area contributed by atoms with Gasteiger partial charge in [0.1, 0.15) is 0 Å². The fraction of sp³-hybridized carbons (Fsp3) is 1.00. The molecular formula is C4H12N2S. The van der Waals surface area contributed by atoms with Crippen molar-refractivity contribution in [3.63, 3.8) is 0 Å². The number of rotatable bonds is 4. The van der Waals surface area contributed by atoms with E-state index >= 15 is 0 Å². The smallest absolute Gasteiger partial charge is 0.00905 e. The van der Waals surface area contributed by atoms with Crippen molar-refractivity contribution in [1.29, 1.82) is 0 Å². The standard InChI is InChI=1S/C4H12N2S/c1-6-7-4-2-3-5/h6H,2-5H2,1H3. The summed E-state index contributed by atoms with van der Waals surface area (Å²) in [6, 6.07) is 0. The van der Waals surface area contributed by atoms with Crippen LogP contribution in [0.15, 0.2) is 0 Å². The second-order valence-electron chi connectivity index (χ2n) is 1.19. The minimum Gasteiger partial charge on any atom is -0.330 e. The van der Waals surface area contributed by atoms with E-state index in [0.29, 0.717) is 0 Å². The van der Waals surface area contributed by atoms with Crippen LogP contribution in [-0.4, -0.2) is 19.3 Å². The zero-order valence-corrected chi connectivity index (χ0v) is 5.42. The van der Waals surface area contributed by atoms with Gasteiger partial charge in [-0.05, 0) is 20.0 Å². The van der Waals surface area contributed by atoms with Gasteiger partial charge in [-0.25, -0.2) is 0 Å². The maximum atomic E-state index is 5.23.